The molecule has 2 aromatic rings. The second kappa shape index (κ2) is 5.18. The number of nitrogens with zero attached hydrogens (tertiary/aromatic N) is 4. The summed E-state index contributed by atoms with van der Waals surface area (Å²) in [7, 11) is 1.66. The molecule has 0 aliphatic carbocycles. The van der Waals surface area contributed by atoms with Crippen LogP contribution in [-0.4, -0.2) is 33.4 Å². The van der Waals surface area contributed by atoms with Crippen molar-refractivity contribution in [1.82, 2.24) is 14.9 Å². The number of rotatable bonds is 2. The highest BCUT2D eigenvalue weighted by Gasteiger charge is 2.26. The third kappa shape index (κ3) is 2.68. The molecule has 3 rings (SSSR count). The maximum atomic E-state index is 5.19. The van der Waals surface area contributed by atoms with Gasteiger partial charge in [0.15, 0.2) is 5.82 Å². The molecule has 0 N–H and O–H groups in total. The van der Waals surface area contributed by atoms with Gasteiger partial charge in [-0.05, 0) is 24.3 Å². The average Bonchev–Trinajstić information content (AvgIpc) is 2.89. The van der Waals surface area contributed by atoms with E-state index in [0.717, 1.165) is 33.8 Å². The molecule has 110 valence electrons. The van der Waals surface area contributed by atoms with Crippen LogP contribution in [0.4, 0.5) is 0 Å². The van der Waals surface area contributed by atoms with Gasteiger partial charge in [0.05, 0.1) is 12.8 Å². The number of thioether (sulfide) groups is 1. The Bertz CT molecular complexity index is 683. The Morgan fingerprint density at radius 1 is 1.14 bits per heavy atom. The highest BCUT2D eigenvalue weighted by molar-refractivity contribution is 7.99. The second-order valence-corrected chi connectivity index (χ2v) is 6.87. The van der Waals surface area contributed by atoms with Gasteiger partial charge in [-0.25, -0.2) is 0 Å². The molecular formula is C15H18N4OS. The molecule has 0 saturated heterocycles. The normalized spacial score (nSPS) is 14.6. The van der Waals surface area contributed by atoms with Crippen molar-refractivity contribution in [1.29, 1.82) is 0 Å². The first-order chi connectivity index (χ1) is 9.99. The van der Waals surface area contributed by atoms with E-state index >= 15 is 0 Å². The second-order valence-electron chi connectivity index (χ2n) is 5.93. The van der Waals surface area contributed by atoms with Gasteiger partial charge in [0.25, 0.3) is 0 Å². The molecule has 6 heteroatoms. The van der Waals surface area contributed by atoms with E-state index in [9.17, 15) is 0 Å². The summed E-state index contributed by atoms with van der Waals surface area (Å²) in [5, 5.41) is 14.1. The van der Waals surface area contributed by atoms with E-state index in [-0.39, 0.29) is 5.41 Å². The topological polar surface area (TPSA) is 52.3 Å². The van der Waals surface area contributed by atoms with E-state index in [1.54, 1.807) is 18.9 Å². The predicted molar refractivity (Wildman–Crippen MR) is 85.0 cm³/mol. The zero-order valence-electron chi connectivity index (χ0n) is 12.6. The fourth-order valence-electron chi connectivity index (χ4n) is 2.01. The molecule has 0 amide bonds. The van der Waals surface area contributed by atoms with Gasteiger partial charge in [-0.2, -0.15) is 9.78 Å². The summed E-state index contributed by atoms with van der Waals surface area (Å²) in [6, 6.07) is 7.78. The first-order valence-corrected chi connectivity index (χ1v) is 7.78. The molecular weight excluding hydrogens is 284 g/mol. The minimum atomic E-state index is 0.0478. The summed E-state index contributed by atoms with van der Waals surface area (Å²) in [5.74, 6) is 2.46. The number of aromatic nitrogens is 3. The lowest BCUT2D eigenvalue weighted by atomic mass is 9.91. The molecule has 2 heterocycles. The minimum absolute atomic E-state index is 0.0478. The molecule has 0 radical (unpaired) electrons. The van der Waals surface area contributed by atoms with Crippen LogP contribution < -0.4 is 4.74 Å². The Hall–Kier alpha value is -1.82. The van der Waals surface area contributed by atoms with Gasteiger partial charge in [-0.3, -0.25) is 0 Å². The van der Waals surface area contributed by atoms with Crippen molar-refractivity contribution in [3.63, 3.8) is 0 Å². The predicted octanol–water partition coefficient (Wildman–Crippen LogP) is 3.31. The molecule has 0 saturated carbocycles. The molecule has 0 spiro atoms. The number of hydrogen-bond donors (Lipinski definition) is 0. The van der Waals surface area contributed by atoms with Crippen molar-refractivity contribution in [2.75, 3.05) is 12.9 Å². The smallest absolute Gasteiger partial charge is 0.212 e. The monoisotopic (exact) mass is 302 g/mol. The molecule has 0 bridgehead atoms. The summed E-state index contributed by atoms with van der Waals surface area (Å²) >= 11 is 1.68. The highest BCUT2D eigenvalue weighted by atomic mass is 32.2. The molecule has 1 aliphatic heterocycles. The fourth-order valence-corrected chi connectivity index (χ4v) is 3.12. The van der Waals surface area contributed by atoms with Crippen LogP contribution in [0.25, 0.3) is 11.4 Å². The first-order valence-electron chi connectivity index (χ1n) is 6.80. The summed E-state index contributed by atoms with van der Waals surface area (Å²) in [5.41, 5.74) is 2.18. The third-order valence-corrected chi connectivity index (χ3v) is 4.32. The first kappa shape index (κ1) is 14.1. The molecule has 21 heavy (non-hydrogen) atoms. The highest BCUT2D eigenvalue weighted by Crippen LogP contribution is 2.31. The molecule has 0 atom stereocenters. The zero-order chi connectivity index (χ0) is 15.0. The van der Waals surface area contributed by atoms with Gasteiger partial charge in [0, 0.05) is 16.7 Å². The van der Waals surface area contributed by atoms with Gasteiger partial charge in [-0.15, -0.1) is 10.2 Å². The quantitative estimate of drug-likeness (QED) is 0.854. The maximum Gasteiger partial charge on any atom is 0.212 e. The molecule has 1 aromatic heterocycles. The van der Waals surface area contributed by atoms with Gasteiger partial charge in [-0.1, -0.05) is 32.5 Å². The largest absolute Gasteiger partial charge is 0.497 e. The van der Waals surface area contributed by atoms with Crippen LogP contribution in [0.1, 0.15) is 20.8 Å². The van der Waals surface area contributed by atoms with Gasteiger partial charge in [0.2, 0.25) is 5.16 Å². The van der Waals surface area contributed by atoms with Crippen LogP contribution in [-0.2, 0) is 0 Å². The van der Waals surface area contributed by atoms with Gasteiger partial charge < -0.3 is 4.74 Å². The van der Waals surface area contributed by atoms with E-state index in [4.69, 9.17) is 9.84 Å². The number of fused-ring (bicyclic) bond motifs is 1. The van der Waals surface area contributed by atoms with Crippen molar-refractivity contribution < 1.29 is 4.74 Å². The molecule has 0 fully saturated rings. The Morgan fingerprint density at radius 2 is 1.86 bits per heavy atom. The molecule has 1 aromatic carbocycles. The van der Waals surface area contributed by atoms with E-state index < -0.39 is 0 Å². The Balaban J connectivity index is 2.03. The third-order valence-electron chi connectivity index (χ3n) is 3.38. The Labute approximate surface area is 128 Å². The van der Waals surface area contributed by atoms with Crippen LogP contribution in [0.5, 0.6) is 5.75 Å². The van der Waals surface area contributed by atoms with Crippen molar-refractivity contribution in [3.8, 4) is 17.1 Å². The lowest BCUT2D eigenvalue weighted by Crippen LogP contribution is -2.26. The number of benzene rings is 1. The van der Waals surface area contributed by atoms with E-state index in [1.807, 2.05) is 28.9 Å². The zero-order valence-corrected chi connectivity index (χ0v) is 13.4. The molecule has 0 unspecified atom stereocenters. The van der Waals surface area contributed by atoms with E-state index in [0.29, 0.717) is 0 Å². The van der Waals surface area contributed by atoms with Crippen molar-refractivity contribution in [3.05, 3.63) is 24.3 Å². The lowest BCUT2D eigenvalue weighted by Gasteiger charge is -2.24. The van der Waals surface area contributed by atoms with Crippen LogP contribution in [0.15, 0.2) is 34.5 Å². The van der Waals surface area contributed by atoms with E-state index in [1.165, 1.54) is 0 Å². The number of methoxy groups -OCH3 is 1. The molecule has 1 aliphatic rings. The Kier molecular flexibility index (Phi) is 3.49. The van der Waals surface area contributed by atoms with Gasteiger partial charge >= 0.3 is 0 Å². The van der Waals surface area contributed by atoms with Crippen LogP contribution in [0.2, 0.25) is 0 Å². The summed E-state index contributed by atoms with van der Waals surface area (Å²) in [6.07, 6.45) is 0. The lowest BCUT2D eigenvalue weighted by molar-refractivity contribution is 0.415. The van der Waals surface area contributed by atoms with E-state index in [2.05, 4.69) is 31.0 Å². The van der Waals surface area contributed by atoms with Crippen molar-refractivity contribution >= 4 is 17.5 Å². The standard InChI is InChI=1S/C15H18N4OS/c1-15(2,3)12-9-21-14-17-16-13(19(14)18-12)10-5-7-11(20-4)8-6-10/h5-8H,9H2,1-4H3. The van der Waals surface area contributed by atoms with Crippen LogP contribution in [0, 0.1) is 5.41 Å². The van der Waals surface area contributed by atoms with Crippen molar-refractivity contribution in [2.24, 2.45) is 10.5 Å². The summed E-state index contributed by atoms with van der Waals surface area (Å²) in [4.78, 5) is 0. The van der Waals surface area contributed by atoms with Gasteiger partial charge in [0.1, 0.15) is 5.75 Å². The average molecular weight is 302 g/mol. The van der Waals surface area contributed by atoms with Crippen LogP contribution in [0.3, 0.4) is 0 Å². The SMILES string of the molecule is COc1ccc(-c2nnc3n2N=C(C(C)(C)C)CS3)cc1. The van der Waals surface area contributed by atoms with Crippen molar-refractivity contribution in [2.45, 2.75) is 25.9 Å². The van der Waals surface area contributed by atoms with Crippen LogP contribution >= 0.6 is 11.8 Å². The maximum absolute atomic E-state index is 5.19. The number of ether oxygens (including phenoxy) is 1. The summed E-state index contributed by atoms with van der Waals surface area (Å²) in [6.45, 7) is 6.53. The minimum Gasteiger partial charge on any atom is -0.497 e. The molecule has 5 nitrogen and oxygen atoms in total. The number of hydrogen-bond acceptors (Lipinski definition) is 5. The summed E-state index contributed by atoms with van der Waals surface area (Å²) < 4.78 is 7.03. The Morgan fingerprint density at radius 3 is 2.48 bits per heavy atom. The fraction of sp³-hybridized carbons (Fsp3) is 0.400.